The van der Waals surface area contributed by atoms with E-state index in [2.05, 4.69) is 20.8 Å². The largest absolute Gasteiger partial charge is 0.343 e. The van der Waals surface area contributed by atoms with E-state index in [-0.39, 0.29) is 5.91 Å². The van der Waals surface area contributed by atoms with Gasteiger partial charge in [-0.05, 0) is 50.5 Å². The molecule has 2 atom stereocenters. The van der Waals surface area contributed by atoms with Crippen molar-refractivity contribution in [1.29, 1.82) is 0 Å². The maximum atomic E-state index is 12.1. The quantitative estimate of drug-likeness (QED) is 0.742. The van der Waals surface area contributed by atoms with Crippen LogP contribution in [0, 0.1) is 17.8 Å². The molecule has 1 amide bonds. The second-order valence-electron chi connectivity index (χ2n) is 6.02. The lowest BCUT2D eigenvalue weighted by Gasteiger charge is -2.27. The smallest absolute Gasteiger partial charge is 0.222 e. The maximum absolute atomic E-state index is 12.1. The molecule has 0 aromatic heterocycles. The van der Waals surface area contributed by atoms with Gasteiger partial charge in [0.05, 0.1) is 0 Å². The Hall–Kier alpha value is -0.570. The molecule has 1 saturated carbocycles. The fourth-order valence-corrected chi connectivity index (χ4v) is 2.44. The SMILES string of the molecule is CC(C)CC(CN)CC(=O)N(C)C(C)C1CC1. The Morgan fingerprint density at radius 2 is 1.94 bits per heavy atom. The lowest BCUT2D eigenvalue weighted by Crippen LogP contribution is -2.38. The van der Waals surface area contributed by atoms with Crippen molar-refractivity contribution in [2.24, 2.45) is 23.5 Å². The van der Waals surface area contributed by atoms with Gasteiger partial charge < -0.3 is 10.6 Å². The highest BCUT2D eigenvalue weighted by Gasteiger charge is 2.32. The van der Waals surface area contributed by atoms with Gasteiger partial charge in [-0.15, -0.1) is 0 Å². The zero-order valence-electron chi connectivity index (χ0n) is 11.8. The van der Waals surface area contributed by atoms with E-state index in [1.165, 1.54) is 12.8 Å². The van der Waals surface area contributed by atoms with Crippen molar-refractivity contribution in [3.8, 4) is 0 Å². The number of hydrogen-bond acceptors (Lipinski definition) is 2. The van der Waals surface area contributed by atoms with Crippen LogP contribution in [0.15, 0.2) is 0 Å². The van der Waals surface area contributed by atoms with Crippen molar-refractivity contribution in [1.82, 2.24) is 4.90 Å². The first-order chi connectivity index (χ1) is 7.95. The Kier molecular flexibility index (Phi) is 5.44. The monoisotopic (exact) mass is 240 g/mol. The standard InChI is InChI=1S/C14H28N2O/c1-10(2)7-12(9-15)8-14(17)16(4)11(3)13-5-6-13/h10-13H,5-9,15H2,1-4H3. The summed E-state index contributed by atoms with van der Waals surface area (Å²) in [5.41, 5.74) is 5.75. The Morgan fingerprint density at radius 3 is 2.35 bits per heavy atom. The molecule has 3 nitrogen and oxygen atoms in total. The van der Waals surface area contributed by atoms with E-state index in [1.807, 2.05) is 11.9 Å². The Bertz CT molecular complexity index is 249. The van der Waals surface area contributed by atoms with Crippen LogP contribution in [0.1, 0.15) is 46.5 Å². The van der Waals surface area contributed by atoms with Gasteiger partial charge in [-0.1, -0.05) is 13.8 Å². The van der Waals surface area contributed by atoms with E-state index in [0.29, 0.717) is 30.8 Å². The molecule has 1 aliphatic rings. The number of amides is 1. The molecular weight excluding hydrogens is 212 g/mol. The van der Waals surface area contributed by atoms with E-state index in [9.17, 15) is 4.79 Å². The van der Waals surface area contributed by atoms with Gasteiger partial charge in [-0.3, -0.25) is 4.79 Å². The van der Waals surface area contributed by atoms with Crippen molar-refractivity contribution < 1.29 is 4.79 Å². The molecule has 0 heterocycles. The van der Waals surface area contributed by atoms with E-state index in [1.54, 1.807) is 0 Å². The highest BCUT2D eigenvalue weighted by atomic mass is 16.2. The predicted molar refractivity (Wildman–Crippen MR) is 71.6 cm³/mol. The lowest BCUT2D eigenvalue weighted by atomic mass is 9.93. The van der Waals surface area contributed by atoms with Gasteiger partial charge in [0.25, 0.3) is 0 Å². The second kappa shape index (κ2) is 6.39. The topological polar surface area (TPSA) is 46.3 Å². The van der Waals surface area contributed by atoms with E-state index < -0.39 is 0 Å². The molecule has 17 heavy (non-hydrogen) atoms. The van der Waals surface area contributed by atoms with Gasteiger partial charge in [0.1, 0.15) is 0 Å². The summed E-state index contributed by atoms with van der Waals surface area (Å²) in [6.45, 7) is 7.15. The molecule has 0 radical (unpaired) electrons. The molecule has 1 fully saturated rings. The van der Waals surface area contributed by atoms with Gasteiger partial charge in [0.15, 0.2) is 0 Å². The van der Waals surface area contributed by atoms with Crippen LogP contribution in [-0.4, -0.2) is 30.4 Å². The van der Waals surface area contributed by atoms with Crippen LogP contribution in [0.25, 0.3) is 0 Å². The molecule has 0 aromatic carbocycles. The summed E-state index contributed by atoms with van der Waals surface area (Å²) in [5, 5.41) is 0. The molecule has 0 aliphatic heterocycles. The Labute approximate surface area is 106 Å². The third-order valence-electron chi connectivity index (χ3n) is 3.91. The number of carbonyl (C=O) groups is 1. The van der Waals surface area contributed by atoms with Crippen LogP contribution in [0.5, 0.6) is 0 Å². The van der Waals surface area contributed by atoms with E-state index in [4.69, 9.17) is 5.73 Å². The van der Waals surface area contributed by atoms with Crippen LogP contribution in [0.4, 0.5) is 0 Å². The summed E-state index contributed by atoms with van der Waals surface area (Å²) in [7, 11) is 1.94. The summed E-state index contributed by atoms with van der Waals surface area (Å²) in [6, 6.07) is 0.403. The number of nitrogens with zero attached hydrogens (tertiary/aromatic N) is 1. The van der Waals surface area contributed by atoms with Crippen LogP contribution in [-0.2, 0) is 4.79 Å². The van der Waals surface area contributed by atoms with Gasteiger partial charge in [-0.25, -0.2) is 0 Å². The fraction of sp³-hybridized carbons (Fsp3) is 0.929. The Morgan fingerprint density at radius 1 is 1.35 bits per heavy atom. The minimum atomic E-state index is 0.264. The van der Waals surface area contributed by atoms with Crippen molar-refractivity contribution in [2.45, 2.75) is 52.5 Å². The molecule has 0 saturated heterocycles. The number of rotatable bonds is 7. The Balaban J connectivity index is 2.39. The van der Waals surface area contributed by atoms with Crippen LogP contribution in [0.3, 0.4) is 0 Å². The molecule has 0 bridgehead atoms. The molecule has 0 spiro atoms. The summed E-state index contributed by atoms with van der Waals surface area (Å²) in [5.74, 6) is 1.96. The molecular formula is C14H28N2O. The number of hydrogen-bond donors (Lipinski definition) is 1. The van der Waals surface area contributed by atoms with Crippen LogP contribution in [0.2, 0.25) is 0 Å². The first kappa shape index (κ1) is 14.5. The molecule has 100 valence electrons. The summed E-state index contributed by atoms with van der Waals surface area (Å²) >= 11 is 0. The zero-order valence-corrected chi connectivity index (χ0v) is 11.8. The first-order valence-electron chi connectivity index (χ1n) is 6.91. The molecule has 2 N–H and O–H groups in total. The maximum Gasteiger partial charge on any atom is 0.222 e. The molecule has 1 rings (SSSR count). The molecule has 1 aliphatic carbocycles. The summed E-state index contributed by atoms with van der Waals surface area (Å²) in [6.07, 6.45) is 4.23. The normalized spacial score (nSPS) is 19.2. The zero-order chi connectivity index (χ0) is 13.0. The second-order valence-corrected chi connectivity index (χ2v) is 6.02. The minimum Gasteiger partial charge on any atom is -0.343 e. The highest BCUT2D eigenvalue weighted by Crippen LogP contribution is 2.35. The van der Waals surface area contributed by atoms with Gasteiger partial charge in [0.2, 0.25) is 5.91 Å². The average molecular weight is 240 g/mol. The molecule has 0 aromatic rings. The molecule has 2 unspecified atom stereocenters. The number of carbonyl (C=O) groups excluding carboxylic acids is 1. The van der Waals surface area contributed by atoms with Gasteiger partial charge in [0, 0.05) is 19.5 Å². The summed E-state index contributed by atoms with van der Waals surface area (Å²) in [4.78, 5) is 14.1. The lowest BCUT2D eigenvalue weighted by molar-refractivity contribution is -0.133. The highest BCUT2D eigenvalue weighted by molar-refractivity contribution is 5.76. The van der Waals surface area contributed by atoms with E-state index in [0.717, 1.165) is 12.3 Å². The van der Waals surface area contributed by atoms with Crippen LogP contribution >= 0.6 is 0 Å². The first-order valence-corrected chi connectivity index (χ1v) is 6.91. The predicted octanol–water partition coefficient (Wildman–Crippen LogP) is 2.25. The fourth-order valence-electron chi connectivity index (χ4n) is 2.44. The minimum absolute atomic E-state index is 0.264. The van der Waals surface area contributed by atoms with Gasteiger partial charge >= 0.3 is 0 Å². The average Bonchev–Trinajstić information content (AvgIpc) is 3.09. The van der Waals surface area contributed by atoms with Crippen LogP contribution < -0.4 is 5.73 Å². The summed E-state index contributed by atoms with van der Waals surface area (Å²) < 4.78 is 0. The van der Waals surface area contributed by atoms with Crippen molar-refractivity contribution in [2.75, 3.05) is 13.6 Å². The third-order valence-corrected chi connectivity index (χ3v) is 3.91. The number of nitrogens with two attached hydrogens (primary N) is 1. The van der Waals surface area contributed by atoms with Gasteiger partial charge in [-0.2, -0.15) is 0 Å². The van der Waals surface area contributed by atoms with Crippen molar-refractivity contribution in [3.63, 3.8) is 0 Å². The van der Waals surface area contributed by atoms with Crippen molar-refractivity contribution in [3.05, 3.63) is 0 Å². The van der Waals surface area contributed by atoms with E-state index >= 15 is 0 Å². The molecule has 3 heteroatoms. The third kappa shape index (κ3) is 4.66. The van der Waals surface area contributed by atoms with Crippen molar-refractivity contribution >= 4 is 5.91 Å².